The number of ether oxygens (including phenoxy) is 1. The van der Waals surface area contributed by atoms with Gasteiger partial charge in [0.25, 0.3) is 5.91 Å². The van der Waals surface area contributed by atoms with Crippen molar-refractivity contribution in [3.63, 3.8) is 0 Å². The molecule has 4 nitrogen and oxygen atoms in total. The van der Waals surface area contributed by atoms with Gasteiger partial charge in [0.15, 0.2) is 0 Å². The first kappa shape index (κ1) is 13.1. The van der Waals surface area contributed by atoms with Crippen molar-refractivity contribution in [3.05, 3.63) is 41.1 Å². The zero-order valence-corrected chi connectivity index (χ0v) is 11.6. The van der Waals surface area contributed by atoms with Crippen molar-refractivity contribution in [3.8, 4) is 0 Å². The molecule has 2 aliphatic heterocycles. The lowest BCUT2D eigenvalue weighted by Crippen LogP contribution is -2.33. The number of hydrogen-bond donors (Lipinski definition) is 1. The highest BCUT2D eigenvalue weighted by molar-refractivity contribution is 6.15. The van der Waals surface area contributed by atoms with Gasteiger partial charge >= 0.3 is 0 Å². The smallest absolute Gasteiger partial charge is 0.275 e. The van der Waals surface area contributed by atoms with Crippen molar-refractivity contribution in [1.29, 1.82) is 0 Å². The summed E-state index contributed by atoms with van der Waals surface area (Å²) in [5, 5.41) is 2.89. The SMILES string of the molecule is Cc1ccc(/C=C2/N=C(C3CCOCC3)NC2=O)cc1. The molecule has 3 rings (SSSR count). The van der Waals surface area contributed by atoms with Crippen LogP contribution in [0.3, 0.4) is 0 Å². The Kier molecular flexibility index (Phi) is 3.65. The van der Waals surface area contributed by atoms with Crippen LogP contribution in [0.5, 0.6) is 0 Å². The zero-order chi connectivity index (χ0) is 13.9. The number of amides is 1. The largest absolute Gasteiger partial charge is 0.381 e. The van der Waals surface area contributed by atoms with Gasteiger partial charge in [-0.2, -0.15) is 0 Å². The van der Waals surface area contributed by atoms with Gasteiger partial charge in [-0.05, 0) is 31.4 Å². The third-order valence-corrected chi connectivity index (χ3v) is 3.70. The van der Waals surface area contributed by atoms with E-state index >= 15 is 0 Å². The summed E-state index contributed by atoms with van der Waals surface area (Å²) in [4.78, 5) is 16.4. The molecule has 4 heteroatoms. The number of rotatable bonds is 2. The molecule has 1 N–H and O–H groups in total. The number of amidine groups is 1. The van der Waals surface area contributed by atoms with Gasteiger partial charge in [-0.25, -0.2) is 4.99 Å². The minimum Gasteiger partial charge on any atom is -0.381 e. The summed E-state index contributed by atoms with van der Waals surface area (Å²) >= 11 is 0. The Labute approximate surface area is 118 Å². The van der Waals surface area contributed by atoms with E-state index in [0.29, 0.717) is 11.6 Å². The quantitative estimate of drug-likeness (QED) is 0.838. The Morgan fingerprint density at radius 3 is 2.65 bits per heavy atom. The molecule has 0 bridgehead atoms. The van der Waals surface area contributed by atoms with Gasteiger partial charge in [-0.3, -0.25) is 4.79 Å². The lowest BCUT2D eigenvalue weighted by molar-refractivity contribution is -0.115. The molecule has 0 aliphatic carbocycles. The Morgan fingerprint density at radius 2 is 1.95 bits per heavy atom. The fourth-order valence-corrected chi connectivity index (χ4v) is 2.47. The standard InChI is InChI=1S/C16H18N2O2/c1-11-2-4-12(5-3-11)10-14-16(19)18-15(17-14)13-6-8-20-9-7-13/h2-5,10,13H,6-9H2,1H3,(H,17,18,19)/b14-10+. The molecule has 0 aromatic heterocycles. The molecule has 0 unspecified atom stereocenters. The monoisotopic (exact) mass is 270 g/mol. The number of benzene rings is 1. The van der Waals surface area contributed by atoms with Crippen LogP contribution in [-0.2, 0) is 9.53 Å². The fraction of sp³-hybridized carbons (Fsp3) is 0.375. The summed E-state index contributed by atoms with van der Waals surface area (Å²) in [5.74, 6) is 1.01. The molecule has 0 spiro atoms. The first-order chi connectivity index (χ1) is 9.72. The molecule has 0 atom stereocenters. The Bertz CT molecular complexity index is 567. The van der Waals surface area contributed by atoms with Crippen molar-refractivity contribution in [1.82, 2.24) is 5.32 Å². The molecule has 1 fully saturated rings. The summed E-state index contributed by atoms with van der Waals surface area (Å²) in [6.45, 7) is 3.54. The van der Waals surface area contributed by atoms with Gasteiger partial charge in [-0.15, -0.1) is 0 Å². The molecule has 1 saturated heterocycles. The third kappa shape index (κ3) is 2.80. The summed E-state index contributed by atoms with van der Waals surface area (Å²) in [7, 11) is 0. The average molecular weight is 270 g/mol. The van der Waals surface area contributed by atoms with Crippen LogP contribution in [0.4, 0.5) is 0 Å². The Morgan fingerprint density at radius 1 is 1.25 bits per heavy atom. The minimum atomic E-state index is -0.105. The number of hydrogen-bond acceptors (Lipinski definition) is 3. The third-order valence-electron chi connectivity index (χ3n) is 3.70. The zero-order valence-electron chi connectivity index (χ0n) is 11.6. The van der Waals surface area contributed by atoms with Crippen LogP contribution >= 0.6 is 0 Å². The summed E-state index contributed by atoms with van der Waals surface area (Å²) in [6.07, 6.45) is 3.69. The van der Waals surface area contributed by atoms with Gasteiger partial charge in [-0.1, -0.05) is 29.8 Å². The summed E-state index contributed by atoms with van der Waals surface area (Å²) < 4.78 is 5.34. The maximum Gasteiger partial charge on any atom is 0.275 e. The van der Waals surface area contributed by atoms with Crippen LogP contribution in [0, 0.1) is 12.8 Å². The van der Waals surface area contributed by atoms with Crippen LogP contribution in [0.15, 0.2) is 35.0 Å². The molecule has 1 amide bonds. The lowest BCUT2D eigenvalue weighted by Gasteiger charge is -2.21. The molecular formula is C16H18N2O2. The van der Waals surface area contributed by atoms with Crippen molar-refractivity contribution in [2.75, 3.05) is 13.2 Å². The van der Waals surface area contributed by atoms with Gasteiger partial charge in [0.2, 0.25) is 0 Å². The second kappa shape index (κ2) is 5.59. The predicted molar refractivity (Wildman–Crippen MR) is 78.3 cm³/mol. The second-order valence-corrected chi connectivity index (χ2v) is 5.28. The Hall–Kier alpha value is -1.94. The van der Waals surface area contributed by atoms with E-state index < -0.39 is 0 Å². The van der Waals surface area contributed by atoms with Crippen molar-refractivity contribution in [2.24, 2.45) is 10.9 Å². The fourth-order valence-electron chi connectivity index (χ4n) is 2.47. The topological polar surface area (TPSA) is 50.7 Å². The molecule has 1 aromatic carbocycles. The van der Waals surface area contributed by atoms with Gasteiger partial charge in [0.05, 0.1) is 0 Å². The number of nitrogens with zero attached hydrogens (tertiary/aromatic N) is 1. The number of aliphatic imine (C=N–C) groups is 1. The van der Waals surface area contributed by atoms with Gasteiger partial charge in [0.1, 0.15) is 11.5 Å². The first-order valence-corrected chi connectivity index (χ1v) is 6.98. The highest BCUT2D eigenvalue weighted by Crippen LogP contribution is 2.21. The van der Waals surface area contributed by atoms with Crippen LogP contribution < -0.4 is 5.32 Å². The minimum absolute atomic E-state index is 0.105. The Balaban J connectivity index is 1.80. The molecule has 2 heterocycles. The van der Waals surface area contributed by atoms with E-state index in [9.17, 15) is 4.79 Å². The highest BCUT2D eigenvalue weighted by Gasteiger charge is 2.27. The van der Waals surface area contributed by atoms with Crippen LogP contribution in [0.25, 0.3) is 6.08 Å². The van der Waals surface area contributed by atoms with Crippen molar-refractivity contribution in [2.45, 2.75) is 19.8 Å². The molecule has 20 heavy (non-hydrogen) atoms. The summed E-state index contributed by atoms with van der Waals surface area (Å²) in [5.41, 5.74) is 2.70. The van der Waals surface area contributed by atoms with Crippen molar-refractivity contribution >= 4 is 17.8 Å². The van der Waals surface area contributed by atoms with Crippen LogP contribution in [-0.4, -0.2) is 25.0 Å². The number of carbonyl (C=O) groups is 1. The van der Waals surface area contributed by atoms with Gasteiger partial charge < -0.3 is 10.1 Å². The normalized spacial score (nSPS) is 21.9. The number of aryl methyl sites for hydroxylation is 1. The number of nitrogens with one attached hydrogen (secondary N) is 1. The number of carbonyl (C=O) groups excluding carboxylic acids is 1. The lowest BCUT2D eigenvalue weighted by atomic mass is 9.99. The first-order valence-electron chi connectivity index (χ1n) is 6.98. The molecule has 104 valence electrons. The van der Waals surface area contributed by atoms with E-state index in [1.807, 2.05) is 37.3 Å². The highest BCUT2D eigenvalue weighted by atomic mass is 16.5. The molecular weight excluding hydrogens is 252 g/mol. The van der Waals surface area contributed by atoms with E-state index in [2.05, 4.69) is 10.3 Å². The van der Waals surface area contributed by atoms with E-state index in [1.54, 1.807) is 0 Å². The summed E-state index contributed by atoms with van der Waals surface area (Å²) in [6, 6.07) is 8.06. The maximum absolute atomic E-state index is 12.0. The van der Waals surface area contributed by atoms with E-state index in [4.69, 9.17) is 4.74 Å². The van der Waals surface area contributed by atoms with E-state index in [0.717, 1.165) is 37.5 Å². The second-order valence-electron chi connectivity index (χ2n) is 5.28. The van der Waals surface area contributed by atoms with E-state index in [-0.39, 0.29) is 5.91 Å². The van der Waals surface area contributed by atoms with Gasteiger partial charge in [0, 0.05) is 19.1 Å². The molecule has 2 aliphatic rings. The van der Waals surface area contributed by atoms with E-state index in [1.165, 1.54) is 5.56 Å². The van der Waals surface area contributed by atoms with Crippen LogP contribution in [0.1, 0.15) is 24.0 Å². The van der Waals surface area contributed by atoms with Crippen molar-refractivity contribution < 1.29 is 9.53 Å². The van der Waals surface area contributed by atoms with Crippen LogP contribution in [0.2, 0.25) is 0 Å². The average Bonchev–Trinajstić information content (AvgIpc) is 2.84. The molecule has 0 radical (unpaired) electrons. The molecule has 1 aromatic rings. The maximum atomic E-state index is 12.0. The molecule has 0 saturated carbocycles. The predicted octanol–water partition coefficient (Wildman–Crippen LogP) is 2.29.